The van der Waals surface area contributed by atoms with Crippen LogP contribution in [-0.2, 0) is 81.2 Å². The fraction of sp³-hybridized carbons (Fsp3) is 0.707. The zero-order valence-electron chi connectivity index (χ0n) is 61.6. The van der Waals surface area contributed by atoms with Gasteiger partial charge in [0.25, 0.3) is 6.47 Å². The normalized spacial score (nSPS) is 12.3. The van der Waals surface area contributed by atoms with Crippen LogP contribution in [0.1, 0.15) is 279 Å². The second-order valence-corrected chi connectivity index (χ2v) is 29.7. The fourth-order valence-corrected chi connectivity index (χ4v) is 9.00. The summed E-state index contributed by atoms with van der Waals surface area (Å²) in [5.74, 6) is -2.04. The molecular weight excluding hydrogens is 1260 g/mol. The third-order valence-electron chi connectivity index (χ3n) is 13.0. The summed E-state index contributed by atoms with van der Waals surface area (Å²) in [6.07, 6.45) is 19.0. The van der Waals surface area contributed by atoms with Gasteiger partial charge in [-0.1, -0.05) is 189 Å². The maximum atomic E-state index is 12.7. The Hall–Kier alpha value is -7.32. The van der Waals surface area contributed by atoms with Gasteiger partial charge < -0.3 is 55.8 Å². The molecule has 3 amide bonds. The lowest BCUT2D eigenvalue weighted by Crippen LogP contribution is -2.51. The van der Waals surface area contributed by atoms with Gasteiger partial charge in [-0.3, -0.25) is 24.0 Å². The Morgan fingerprint density at radius 2 is 0.847 bits per heavy atom. The summed E-state index contributed by atoms with van der Waals surface area (Å²) in [6, 6.07) is 13.9. The molecule has 0 fully saturated rings. The number of unbranched alkanes of at least 4 members (excludes halogenated alkanes) is 13. The molecule has 3 atom stereocenters. The van der Waals surface area contributed by atoms with E-state index < -0.39 is 53.0 Å². The summed E-state index contributed by atoms with van der Waals surface area (Å²) in [5, 5.41) is 7.91. The van der Waals surface area contributed by atoms with Crippen LogP contribution in [0.2, 0.25) is 0 Å². The molecule has 0 aliphatic heterocycles. The average Bonchev–Trinajstić information content (AvgIpc) is 1.62. The molecular formula is C75H129N5O18. The minimum absolute atomic E-state index is 0. The molecule has 3 rings (SSSR count). The van der Waals surface area contributed by atoms with Gasteiger partial charge in [-0.2, -0.15) is 19.2 Å². The van der Waals surface area contributed by atoms with Gasteiger partial charge in [0.2, 0.25) is 11.8 Å². The quantitative estimate of drug-likeness (QED) is 0.0203. The van der Waals surface area contributed by atoms with Crippen molar-refractivity contribution < 1.29 is 86.0 Å². The van der Waals surface area contributed by atoms with Crippen molar-refractivity contribution in [2.75, 3.05) is 26.3 Å². The van der Waals surface area contributed by atoms with Crippen LogP contribution in [-0.4, -0.2) is 127 Å². The highest BCUT2D eigenvalue weighted by Crippen LogP contribution is 2.44. The topological polar surface area (TPSA) is 348 Å². The predicted octanol–water partition coefficient (Wildman–Crippen LogP) is 13.5. The maximum Gasteiger partial charge on any atom is 0.407 e. The van der Waals surface area contributed by atoms with E-state index in [1.807, 2.05) is 126 Å². The van der Waals surface area contributed by atoms with E-state index in [0.29, 0.717) is 32.3 Å². The Bertz CT molecular complexity index is 2590. The van der Waals surface area contributed by atoms with E-state index in [4.69, 9.17) is 54.3 Å². The van der Waals surface area contributed by atoms with Crippen molar-refractivity contribution in [3.05, 3.63) is 59.7 Å². The van der Waals surface area contributed by atoms with Crippen molar-refractivity contribution >= 4 is 60.6 Å². The number of nitrogens with one attached hydrogen (secondary N) is 3. The van der Waals surface area contributed by atoms with Crippen molar-refractivity contribution in [2.45, 2.75) is 308 Å². The maximum absolute atomic E-state index is 12.7. The summed E-state index contributed by atoms with van der Waals surface area (Å²) in [4.78, 5) is 126. The van der Waals surface area contributed by atoms with E-state index in [1.165, 1.54) is 70.6 Å². The molecule has 98 heavy (non-hydrogen) atoms. The largest absolute Gasteiger partial charge is 0.468 e. The summed E-state index contributed by atoms with van der Waals surface area (Å²) in [6.45, 7) is 36.5. The highest BCUT2D eigenvalue weighted by Gasteiger charge is 2.32. The molecule has 23 nitrogen and oxygen atoms in total. The number of carbonyl (C=O) groups excluding carboxylic acids is 12. The standard InChI is InChI=1S/C28H36N2O5.C22H42O4.C13H26N2O3.C8H17NO2.2CO2.2CH4/c1-27(2,3)15-24(31)30-23(25(32)35-28(4,5)6)16-29-26(33)34-17-22-20-13-9-7-11-18(20)19-12-8-10-14-21(19)22;1-22(2,3)26-21(24)18-16-14-12-10-8-6-4-5-7-9-11-13-15-17-19-25-20-23;1-12(2,3)7-10(16)15-9(8-14)11(17)18-13(4,5)6;1-5-6(9)7(10)11-8(2,3)4;2*2-1-3;;/h7-14,22-23H,15-17H2,1-6H3,(H,29,33)(H,30,31);20H,4-19H2,1-3H3;9H,7-8,14H2,1-6H3,(H,15,16);6H,5,9H2,1-4H3;;;2*1H4/t23-;;9-;6-;;;;/m0.00..../s1. The van der Waals surface area contributed by atoms with Crippen LogP contribution in [0.25, 0.3) is 11.1 Å². The van der Waals surface area contributed by atoms with Gasteiger partial charge >= 0.3 is 42.3 Å². The third-order valence-corrected chi connectivity index (χ3v) is 13.0. The Labute approximate surface area is 587 Å². The molecule has 0 radical (unpaired) electrons. The minimum Gasteiger partial charge on any atom is -0.468 e. The Kier molecular flexibility index (Phi) is 53.4. The molecule has 0 unspecified atom stereocenters. The van der Waals surface area contributed by atoms with Gasteiger partial charge in [-0.15, -0.1) is 0 Å². The number of hydrogen-bond donors (Lipinski definition) is 5. The number of amides is 3. The second-order valence-electron chi connectivity index (χ2n) is 29.7. The molecule has 7 N–H and O–H groups in total. The van der Waals surface area contributed by atoms with Gasteiger partial charge in [0, 0.05) is 31.7 Å². The molecule has 0 saturated heterocycles. The highest BCUT2D eigenvalue weighted by atomic mass is 16.6. The highest BCUT2D eigenvalue weighted by molar-refractivity contribution is 5.86. The monoisotopic (exact) mass is 1390 g/mol. The van der Waals surface area contributed by atoms with E-state index in [9.17, 15) is 38.4 Å². The molecule has 0 heterocycles. The third kappa shape index (κ3) is 56.7. The number of rotatable bonds is 31. The van der Waals surface area contributed by atoms with Crippen LogP contribution in [0.3, 0.4) is 0 Å². The molecule has 2 aromatic rings. The van der Waals surface area contributed by atoms with E-state index in [1.54, 1.807) is 41.5 Å². The first kappa shape index (κ1) is 99.3. The number of fused-ring (bicyclic) bond motifs is 3. The van der Waals surface area contributed by atoms with Gasteiger partial charge in [-0.05, 0) is 135 Å². The van der Waals surface area contributed by atoms with Crippen LogP contribution in [0, 0.1) is 10.8 Å². The number of carbonyl (C=O) groups is 8. The predicted molar refractivity (Wildman–Crippen MR) is 381 cm³/mol. The number of esters is 4. The van der Waals surface area contributed by atoms with Gasteiger partial charge in [-0.25, -0.2) is 14.4 Å². The van der Waals surface area contributed by atoms with Crippen LogP contribution in [0.4, 0.5) is 4.79 Å². The smallest absolute Gasteiger partial charge is 0.407 e. The molecule has 0 saturated carbocycles. The first-order valence-corrected chi connectivity index (χ1v) is 33.5. The number of alkyl carbamates (subject to hydrolysis) is 1. The molecule has 562 valence electrons. The van der Waals surface area contributed by atoms with E-state index in [-0.39, 0.29) is 99.4 Å². The van der Waals surface area contributed by atoms with Crippen LogP contribution in [0.15, 0.2) is 48.5 Å². The van der Waals surface area contributed by atoms with Crippen molar-refractivity contribution in [1.29, 1.82) is 0 Å². The molecule has 0 aromatic heterocycles. The lowest BCUT2D eigenvalue weighted by atomic mass is 9.92. The average molecular weight is 1390 g/mol. The number of benzene rings is 2. The zero-order chi connectivity index (χ0) is 74.4. The lowest BCUT2D eigenvalue weighted by Gasteiger charge is -2.26. The molecule has 2 aromatic carbocycles. The summed E-state index contributed by atoms with van der Waals surface area (Å²) in [7, 11) is 0. The van der Waals surface area contributed by atoms with Crippen LogP contribution < -0.4 is 27.4 Å². The fourth-order valence-electron chi connectivity index (χ4n) is 9.00. The molecule has 0 bridgehead atoms. The van der Waals surface area contributed by atoms with Gasteiger partial charge in [0.05, 0.1) is 13.2 Å². The lowest BCUT2D eigenvalue weighted by molar-refractivity contribution is -0.193. The Morgan fingerprint density at radius 1 is 0.510 bits per heavy atom. The summed E-state index contributed by atoms with van der Waals surface area (Å²) >= 11 is 0. The molecule has 23 heteroatoms. The Morgan fingerprint density at radius 3 is 1.19 bits per heavy atom. The summed E-state index contributed by atoms with van der Waals surface area (Å²) < 4.78 is 31.2. The first-order valence-electron chi connectivity index (χ1n) is 33.5. The van der Waals surface area contributed by atoms with E-state index >= 15 is 0 Å². The van der Waals surface area contributed by atoms with Crippen molar-refractivity contribution in [2.24, 2.45) is 22.3 Å². The van der Waals surface area contributed by atoms with Gasteiger partial charge in [0.1, 0.15) is 47.1 Å². The molecule has 1 aliphatic carbocycles. The zero-order valence-corrected chi connectivity index (χ0v) is 61.6. The van der Waals surface area contributed by atoms with Crippen molar-refractivity contribution in [1.82, 2.24) is 16.0 Å². The molecule has 1 aliphatic rings. The SMILES string of the molecule is C.C.CC(C)(C)CC(=O)N[C@@H](CN)C(=O)OC(C)(C)C.CC(C)(C)CC(=O)N[C@@H](CNC(=O)OCC1c2ccccc2-c2ccccc21)C(=O)OC(C)(C)C.CC(C)(C)OC(=O)CCCCCCCCCCCCCCCCOC=O.CC[C@H](N)C(=O)OC(C)(C)C.O=C=O.O=C=O. The van der Waals surface area contributed by atoms with Crippen LogP contribution >= 0.6 is 0 Å². The number of nitrogens with two attached hydrogens (primary N) is 2. The van der Waals surface area contributed by atoms with Crippen molar-refractivity contribution in [3.63, 3.8) is 0 Å². The number of hydrogen-bond acceptors (Lipinski definition) is 20. The summed E-state index contributed by atoms with van der Waals surface area (Å²) in [5.41, 5.74) is 13.0. The van der Waals surface area contributed by atoms with E-state index in [0.717, 1.165) is 41.5 Å². The minimum atomic E-state index is -1.02. The Balaban J connectivity index is -0.000000404. The second kappa shape index (κ2) is 52.7. The number of ether oxygens (including phenoxy) is 6. The van der Waals surface area contributed by atoms with Gasteiger partial charge in [0.15, 0.2) is 0 Å². The van der Waals surface area contributed by atoms with Crippen molar-refractivity contribution in [3.8, 4) is 11.1 Å². The molecule has 0 spiro atoms. The van der Waals surface area contributed by atoms with E-state index in [2.05, 4.69) is 32.8 Å². The first-order chi connectivity index (χ1) is 44.4. The van der Waals surface area contributed by atoms with Crippen LogP contribution in [0.5, 0.6) is 0 Å².